The zero-order valence-corrected chi connectivity index (χ0v) is 9.84. The van der Waals surface area contributed by atoms with E-state index in [-0.39, 0.29) is 0 Å². The largest absolute Gasteiger partial charge is 0.331 e. The Balaban J connectivity index is 2.25. The summed E-state index contributed by atoms with van der Waals surface area (Å²) in [6.07, 6.45) is 7.33. The summed E-state index contributed by atoms with van der Waals surface area (Å²) < 4.78 is 1.14. The first-order chi connectivity index (χ1) is 6.01. The Morgan fingerprint density at radius 3 is 1.77 bits per heavy atom. The van der Waals surface area contributed by atoms with E-state index in [0.717, 1.165) is 16.3 Å². The van der Waals surface area contributed by atoms with Crippen LogP contribution < -0.4 is 0 Å². The molecule has 0 radical (unpaired) electrons. The van der Waals surface area contributed by atoms with Crippen molar-refractivity contribution in [3.8, 4) is 0 Å². The first-order valence-corrected chi connectivity index (χ1v) is 5.81. The highest BCUT2D eigenvalue weighted by Crippen LogP contribution is 2.31. The van der Waals surface area contributed by atoms with Crippen LogP contribution in [-0.4, -0.2) is 32.2 Å². The third-order valence-electron chi connectivity index (χ3n) is 3.35. The first kappa shape index (κ1) is 11.0. The average molecular weight is 184 g/mol. The second-order valence-corrected chi connectivity index (χ2v) is 5.77. The van der Waals surface area contributed by atoms with Gasteiger partial charge in [0.25, 0.3) is 0 Å². The zero-order valence-electron chi connectivity index (χ0n) is 9.84. The van der Waals surface area contributed by atoms with Crippen LogP contribution in [0.2, 0.25) is 0 Å². The van der Waals surface area contributed by atoms with Crippen molar-refractivity contribution >= 4 is 0 Å². The molecule has 0 aromatic carbocycles. The van der Waals surface area contributed by atoms with Gasteiger partial charge in [0.1, 0.15) is 0 Å². The lowest BCUT2D eigenvalue weighted by Gasteiger charge is -2.33. The van der Waals surface area contributed by atoms with Crippen molar-refractivity contribution in [2.24, 2.45) is 11.8 Å². The Hall–Kier alpha value is -0.0400. The molecular weight excluding hydrogens is 158 g/mol. The smallest absolute Gasteiger partial charge is 0.0809 e. The van der Waals surface area contributed by atoms with Crippen LogP contribution >= 0.6 is 0 Å². The second-order valence-electron chi connectivity index (χ2n) is 5.77. The Morgan fingerprint density at radius 2 is 1.38 bits per heavy atom. The topological polar surface area (TPSA) is 0 Å². The van der Waals surface area contributed by atoms with Gasteiger partial charge in [-0.1, -0.05) is 13.3 Å². The van der Waals surface area contributed by atoms with E-state index in [0.29, 0.717) is 0 Å². The normalized spacial score (nSPS) is 30.5. The quantitative estimate of drug-likeness (QED) is 0.592. The molecule has 1 heteroatoms. The van der Waals surface area contributed by atoms with Gasteiger partial charge in [0.2, 0.25) is 0 Å². The minimum atomic E-state index is 1.00. The zero-order chi connectivity index (χ0) is 9.90. The summed E-state index contributed by atoms with van der Waals surface area (Å²) in [5, 5.41) is 0. The van der Waals surface area contributed by atoms with Crippen molar-refractivity contribution in [3.63, 3.8) is 0 Å². The molecule has 0 N–H and O–H groups in total. The van der Waals surface area contributed by atoms with Crippen molar-refractivity contribution in [3.05, 3.63) is 0 Å². The van der Waals surface area contributed by atoms with Gasteiger partial charge >= 0.3 is 0 Å². The highest BCUT2D eigenvalue weighted by molar-refractivity contribution is 4.71. The van der Waals surface area contributed by atoms with Gasteiger partial charge in [0.05, 0.1) is 27.7 Å². The van der Waals surface area contributed by atoms with Gasteiger partial charge in [-0.15, -0.1) is 0 Å². The SMILES string of the molecule is CCC1CCC(C[N+](C)(C)C)CC1. The monoisotopic (exact) mass is 184 g/mol. The van der Waals surface area contributed by atoms with Crippen molar-refractivity contribution < 1.29 is 4.48 Å². The van der Waals surface area contributed by atoms with Crippen molar-refractivity contribution in [2.45, 2.75) is 39.0 Å². The van der Waals surface area contributed by atoms with E-state index in [9.17, 15) is 0 Å². The van der Waals surface area contributed by atoms with Crippen molar-refractivity contribution in [1.82, 2.24) is 0 Å². The molecule has 0 aromatic heterocycles. The lowest BCUT2D eigenvalue weighted by molar-refractivity contribution is -0.874. The fourth-order valence-electron chi connectivity index (χ4n) is 2.60. The highest BCUT2D eigenvalue weighted by Gasteiger charge is 2.24. The predicted octanol–water partition coefficient (Wildman–Crippen LogP) is 2.91. The summed E-state index contributed by atoms with van der Waals surface area (Å²) >= 11 is 0. The molecule has 1 rings (SSSR count). The second kappa shape index (κ2) is 4.45. The van der Waals surface area contributed by atoms with Gasteiger partial charge in [-0.3, -0.25) is 0 Å². The first-order valence-electron chi connectivity index (χ1n) is 5.81. The van der Waals surface area contributed by atoms with E-state index >= 15 is 0 Å². The van der Waals surface area contributed by atoms with Gasteiger partial charge in [-0.25, -0.2) is 0 Å². The molecule has 0 atom stereocenters. The molecule has 0 amide bonds. The van der Waals surface area contributed by atoms with Gasteiger partial charge in [-0.05, 0) is 31.6 Å². The number of nitrogens with zero attached hydrogens (tertiary/aromatic N) is 1. The van der Waals surface area contributed by atoms with E-state index in [4.69, 9.17) is 0 Å². The van der Waals surface area contributed by atoms with Crippen LogP contribution in [-0.2, 0) is 0 Å². The van der Waals surface area contributed by atoms with Gasteiger partial charge in [-0.2, -0.15) is 0 Å². The van der Waals surface area contributed by atoms with Crippen LogP contribution in [0.1, 0.15) is 39.0 Å². The number of quaternary nitrogens is 1. The maximum Gasteiger partial charge on any atom is 0.0809 e. The molecule has 1 saturated carbocycles. The molecule has 78 valence electrons. The molecule has 0 aliphatic heterocycles. The van der Waals surface area contributed by atoms with Crippen LogP contribution in [0, 0.1) is 11.8 Å². The summed E-state index contributed by atoms with van der Waals surface area (Å²) in [7, 11) is 6.93. The molecule has 1 fully saturated rings. The Bertz CT molecular complexity index is 138. The predicted molar refractivity (Wildman–Crippen MR) is 58.6 cm³/mol. The third kappa shape index (κ3) is 4.12. The fraction of sp³-hybridized carbons (Fsp3) is 1.00. The van der Waals surface area contributed by atoms with E-state index in [2.05, 4.69) is 28.1 Å². The molecule has 0 aromatic rings. The Labute approximate surface area is 83.7 Å². The van der Waals surface area contributed by atoms with E-state index in [1.54, 1.807) is 0 Å². The fourth-order valence-corrected chi connectivity index (χ4v) is 2.60. The van der Waals surface area contributed by atoms with Crippen molar-refractivity contribution in [2.75, 3.05) is 27.7 Å². The Morgan fingerprint density at radius 1 is 0.923 bits per heavy atom. The molecular formula is C12H26N+. The third-order valence-corrected chi connectivity index (χ3v) is 3.35. The molecule has 0 heterocycles. The molecule has 0 spiro atoms. The molecule has 0 bridgehead atoms. The molecule has 0 saturated heterocycles. The van der Waals surface area contributed by atoms with E-state index < -0.39 is 0 Å². The summed E-state index contributed by atoms with van der Waals surface area (Å²) in [4.78, 5) is 0. The van der Waals surface area contributed by atoms with Crippen LogP contribution in [0.5, 0.6) is 0 Å². The number of hydrogen-bond acceptors (Lipinski definition) is 0. The maximum absolute atomic E-state index is 2.34. The van der Waals surface area contributed by atoms with Gasteiger partial charge in [0.15, 0.2) is 0 Å². The van der Waals surface area contributed by atoms with Crippen LogP contribution in [0.15, 0.2) is 0 Å². The number of hydrogen-bond donors (Lipinski definition) is 0. The average Bonchev–Trinajstić information content (AvgIpc) is 2.03. The van der Waals surface area contributed by atoms with E-state index in [1.807, 2.05) is 0 Å². The molecule has 1 nitrogen and oxygen atoms in total. The summed E-state index contributed by atoms with van der Waals surface area (Å²) in [6.45, 7) is 3.71. The number of rotatable bonds is 3. The van der Waals surface area contributed by atoms with Gasteiger partial charge < -0.3 is 4.48 Å². The van der Waals surface area contributed by atoms with Crippen LogP contribution in [0.25, 0.3) is 0 Å². The lowest BCUT2D eigenvalue weighted by atomic mass is 9.80. The van der Waals surface area contributed by atoms with Crippen LogP contribution in [0.4, 0.5) is 0 Å². The van der Waals surface area contributed by atoms with E-state index in [1.165, 1.54) is 38.6 Å². The molecule has 1 aliphatic rings. The summed E-state index contributed by atoms with van der Waals surface area (Å²) in [5.74, 6) is 2.05. The molecule has 0 unspecified atom stereocenters. The maximum atomic E-state index is 2.34. The van der Waals surface area contributed by atoms with Gasteiger partial charge in [0, 0.05) is 5.92 Å². The highest BCUT2D eigenvalue weighted by atomic mass is 15.3. The molecule has 1 aliphatic carbocycles. The Kier molecular flexibility index (Phi) is 3.78. The van der Waals surface area contributed by atoms with Crippen molar-refractivity contribution in [1.29, 1.82) is 0 Å². The molecule has 13 heavy (non-hydrogen) atoms. The minimum Gasteiger partial charge on any atom is -0.331 e. The van der Waals surface area contributed by atoms with Crippen LogP contribution in [0.3, 0.4) is 0 Å². The summed E-state index contributed by atoms with van der Waals surface area (Å²) in [5.41, 5.74) is 0. The lowest BCUT2D eigenvalue weighted by Crippen LogP contribution is -2.40. The minimum absolute atomic E-state index is 1.00. The standard InChI is InChI=1S/C12H26N/c1-5-11-6-8-12(9-7-11)10-13(2,3)4/h11-12H,5-10H2,1-4H3/q+1. The summed E-state index contributed by atoms with van der Waals surface area (Å²) in [6, 6.07) is 0.